The minimum Gasteiger partial charge on any atom is -0.333 e. The van der Waals surface area contributed by atoms with Crippen LogP contribution in [0.1, 0.15) is 29.8 Å². The summed E-state index contributed by atoms with van der Waals surface area (Å²) in [7, 11) is 1.51. The van der Waals surface area contributed by atoms with Gasteiger partial charge in [0.2, 0.25) is 0 Å². The van der Waals surface area contributed by atoms with E-state index in [9.17, 15) is 13.2 Å². The van der Waals surface area contributed by atoms with E-state index in [0.717, 1.165) is 0 Å². The first kappa shape index (κ1) is 16.7. The van der Waals surface area contributed by atoms with Gasteiger partial charge in [-0.15, -0.1) is 6.58 Å². The molecule has 0 aromatic heterocycles. The summed E-state index contributed by atoms with van der Waals surface area (Å²) in [5.41, 5.74) is 1.04. The minimum absolute atomic E-state index is 0.00645. The number of carbonyl (C=O) groups excluding carboxylic acids is 1. The molecule has 4 nitrogen and oxygen atoms in total. The molecule has 0 saturated carbocycles. The van der Waals surface area contributed by atoms with E-state index >= 15 is 0 Å². The van der Waals surface area contributed by atoms with Gasteiger partial charge in [0.05, 0.1) is 4.90 Å². The van der Waals surface area contributed by atoms with Crippen LogP contribution in [0.3, 0.4) is 0 Å². The largest absolute Gasteiger partial charge is 0.333 e. The topological polar surface area (TPSA) is 54.5 Å². The van der Waals surface area contributed by atoms with Crippen molar-refractivity contribution in [1.29, 1.82) is 0 Å². The molecule has 1 amide bonds. The molecule has 6 heteroatoms. The molecule has 0 unspecified atom stereocenters. The van der Waals surface area contributed by atoms with E-state index in [0.29, 0.717) is 17.7 Å². The molecule has 1 aromatic rings. The Labute approximate surface area is 124 Å². The predicted molar refractivity (Wildman–Crippen MR) is 80.6 cm³/mol. The molecule has 0 aliphatic carbocycles. The summed E-state index contributed by atoms with van der Waals surface area (Å²) < 4.78 is 22.5. The average Bonchev–Trinajstić information content (AvgIpc) is 2.33. The molecule has 110 valence electrons. The van der Waals surface area contributed by atoms with Gasteiger partial charge in [-0.2, -0.15) is 0 Å². The van der Waals surface area contributed by atoms with Gasteiger partial charge in [0.15, 0.2) is 0 Å². The number of hydrogen-bond acceptors (Lipinski definition) is 3. The second-order valence-corrected chi connectivity index (χ2v) is 7.32. The van der Waals surface area contributed by atoms with Gasteiger partial charge in [-0.25, -0.2) is 8.42 Å². The number of carbonyl (C=O) groups is 1. The highest BCUT2D eigenvalue weighted by atomic mass is 35.7. The summed E-state index contributed by atoms with van der Waals surface area (Å²) >= 11 is 0. The van der Waals surface area contributed by atoms with E-state index in [4.69, 9.17) is 10.7 Å². The molecule has 0 atom stereocenters. The van der Waals surface area contributed by atoms with Crippen LogP contribution in [0.4, 0.5) is 0 Å². The Balaban J connectivity index is 3.20. The van der Waals surface area contributed by atoms with Crippen molar-refractivity contribution in [2.24, 2.45) is 0 Å². The molecular formula is C14H18ClNO3S. The van der Waals surface area contributed by atoms with Crippen molar-refractivity contribution in [2.75, 3.05) is 6.54 Å². The van der Waals surface area contributed by atoms with Gasteiger partial charge in [0, 0.05) is 28.8 Å². The van der Waals surface area contributed by atoms with Crippen molar-refractivity contribution in [2.45, 2.75) is 31.7 Å². The number of amides is 1. The van der Waals surface area contributed by atoms with Gasteiger partial charge in [-0.05, 0) is 44.5 Å². The van der Waals surface area contributed by atoms with Gasteiger partial charge < -0.3 is 4.90 Å². The Morgan fingerprint density at radius 3 is 2.45 bits per heavy atom. The van der Waals surface area contributed by atoms with Crippen LogP contribution in [0.2, 0.25) is 0 Å². The van der Waals surface area contributed by atoms with Gasteiger partial charge in [0.25, 0.3) is 15.0 Å². The van der Waals surface area contributed by atoms with Crippen molar-refractivity contribution in [3.63, 3.8) is 0 Å². The molecule has 0 fully saturated rings. The van der Waals surface area contributed by atoms with E-state index in [1.165, 1.54) is 18.2 Å². The van der Waals surface area contributed by atoms with Crippen LogP contribution in [0, 0.1) is 6.92 Å². The van der Waals surface area contributed by atoms with Crippen LogP contribution < -0.4 is 0 Å². The smallest absolute Gasteiger partial charge is 0.261 e. The molecule has 0 aliphatic heterocycles. The first-order valence-corrected chi connectivity index (χ1v) is 8.46. The highest BCUT2D eigenvalue weighted by Crippen LogP contribution is 2.20. The maximum absolute atomic E-state index is 12.5. The summed E-state index contributed by atoms with van der Waals surface area (Å²) in [6, 6.07) is 4.26. The summed E-state index contributed by atoms with van der Waals surface area (Å²) in [6.45, 7) is 9.58. The van der Waals surface area contributed by atoms with Crippen LogP contribution in [-0.4, -0.2) is 31.8 Å². The van der Waals surface area contributed by atoms with E-state index < -0.39 is 9.05 Å². The minimum atomic E-state index is -3.78. The van der Waals surface area contributed by atoms with E-state index in [2.05, 4.69) is 6.58 Å². The van der Waals surface area contributed by atoms with Crippen LogP contribution in [0.5, 0.6) is 0 Å². The Morgan fingerprint density at radius 1 is 1.45 bits per heavy atom. The van der Waals surface area contributed by atoms with Crippen molar-refractivity contribution in [3.05, 3.63) is 42.0 Å². The normalized spacial score (nSPS) is 11.4. The Hall–Kier alpha value is -1.33. The van der Waals surface area contributed by atoms with Gasteiger partial charge in [-0.3, -0.25) is 4.79 Å². The second-order valence-electron chi connectivity index (χ2n) is 4.75. The van der Waals surface area contributed by atoms with Crippen LogP contribution in [0.25, 0.3) is 0 Å². The quantitative estimate of drug-likeness (QED) is 0.620. The number of nitrogens with zero attached hydrogens (tertiary/aromatic N) is 1. The van der Waals surface area contributed by atoms with Crippen LogP contribution in [0.15, 0.2) is 35.7 Å². The summed E-state index contributed by atoms with van der Waals surface area (Å²) in [5.74, 6) is -0.157. The first-order valence-electron chi connectivity index (χ1n) is 6.15. The summed E-state index contributed by atoms with van der Waals surface area (Å²) in [5, 5.41) is 0. The molecule has 0 N–H and O–H groups in total. The maximum atomic E-state index is 12.5. The number of aryl methyl sites for hydroxylation is 1. The highest BCUT2D eigenvalue weighted by molar-refractivity contribution is 8.13. The monoisotopic (exact) mass is 315 g/mol. The molecule has 0 aliphatic rings. The Bertz CT molecular complexity index is 623. The molecule has 0 heterocycles. The third kappa shape index (κ3) is 3.84. The van der Waals surface area contributed by atoms with Crippen molar-refractivity contribution < 1.29 is 13.2 Å². The second kappa shape index (κ2) is 6.41. The molecule has 0 spiro atoms. The zero-order chi connectivity index (χ0) is 15.5. The van der Waals surface area contributed by atoms with Crippen LogP contribution in [-0.2, 0) is 9.05 Å². The molecule has 0 radical (unpaired) electrons. The summed E-state index contributed by atoms with van der Waals surface area (Å²) in [4.78, 5) is 14.1. The lowest BCUT2D eigenvalue weighted by Gasteiger charge is -2.26. The van der Waals surface area contributed by atoms with Crippen molar-refractivity contribution in [1.82, 2.24) is 4.90 Å². The van der Waals surface area contributed by atoms with Gasteiger partial charge >= 0.3 is 0 Å². The van der Waals surface area contributed by atoms with Crippen molar-refractivity contribution in [3.8, 4) is 0 Å². The number of benzene rings is 1. The van der Waals surface area contributed by atoms with Gasteiger partial charge in [0.1, 0.15) is 0 Å². The van der Waals surface area contributed by atoms with Crippen LogP contribution >= 0.6 is 10.7 Å². The lowest BCUT2D eigenvalue weighted by atomic mass is 10.1. The van der Waals surface area contributed by atoms with E-state index in [1.54, 1.807) is 17.9 Å². The van der Waals surface area contributed by atoms with E-state index in [-0.39, 0.29) is 16.8 Å². The summed E-state index contributed by atoms with van der Waals surface area (Å²) in [6.07, 6.45) is 1.66. The SMILES string of the molecule is C=CCN(C(=O)c1ccc(S(=O)(=O)Cl)cc1C)C(C)C. The third-order valence-corrected chi connectivity index (χ3v) is 4.27. The molecule has 20 heavy (non-hydrogen) atoms. The fraction of sp³-hybridized carbons (Fsp3) is 0.357. The number of hydrogen-bond donors (Lipinski definition) is 0. The molecule has 1 aromatic carbocycles. The maximum Gasteiger partial charge on any atom is 0.261 e. The van der Waals surface area contributed by atoms with E-state index in [1.807, 2.05) is 13.8 Å². The third-order valence-electron chi connectivity index (χ3n) is 2.92. The molecular weight excluding hydrogens is 298 g/mol. The molecule has 1 rings (SSSR count). The zero-order valence-electron chi connectivity index (χ0n) is 11.8. The van der Waals surface area contributed by atoms with Crippen molar-refractivity contribution >= 4 is 25.6 Å². The fourth-order valence-electron chi connectivity index (χ4n) is 1.85. The number of rotatable bonds is 5. The average molecular weight is 316 g/mol. The molecule has 0 bridgehead atoms. The fourth-order valence-corrected chi connectivity index (χ4v) is 2.69. The lowest BCUT2D eigenvalue weighted by molar-refractivity contribution is 0.0728. The number of halogens is 1. The molecule has 0 saturated heterocycles. The Morgan fingerprint density at radius 2 is 2.05 bits per heavy atom. The zero-order valence-corrected chi connectivity index (χ0v) is 13.3. The first-order chi connectivity index (χ1) is 9.18. The van der Waals surface area contributed by atoms with Gasteiger partial charge in [-0.1, -0.05) is 6.08 Å². The Kier molecular flexibility index (Phi) is 5.36. The standard InChI is InChI=1S/C14H18ClNO3S/c1-5-8-16(10(2)3)14(17)13-7-6-12(9-11(13)4)20(15,18)19/h5-7,9-10H,1,8H2,2-4H3. The highest BCUT2D eigenvalue weighted by Gasteiger charge is 2.20. The lowest BCUT2D eigenvalue weighted by Crippen LogP contribution is -2.37. The predicted octanol–water partition coefficient (Wildman–Crippen LogP) is 2.96.